The molecule has 0 aliphatic rings. The lowest BCUT2D eigenvalue weighted by Gasteiger charge is -2.13. The zero-order chi connectivity index (χ0) is 9.68. The summed E-state index contributed by atoms with van der Waals surface area (Å²) in [6.07, 6.45) is 1.90. The van der Waals surface area contributed by atoms with Gasteiger partial charge in [0.25, 0.3) is 0 Å². The van der Waals surface area contributed by atoms with E-state index in [9.17, 15) is 0 Å². The van der Waals surface area contributed by atoms with E-state index in [1.54, 1.807) is 0 Å². The van der Waals surface area contributed by atoms with Crippen LogP contribution in [0.2, 0.25) is 0 Å². The lowest BCUT2D eigenvalue weighted by Crippen LogP contribution is -2.14. The van der Waals surface area contributed by atoms with Gasteiger partial charge in [0.2, 0.25) is 0 Å². The van der Waals surface area contributed by atoms with Crippen molar-refractivity contribution in [3.05, 3.63) is 41.4 Å². The molecule has 1 nitrogen and oxygen atoms in total. The maximum Gasteiger partial charge on any atom is 0.0588 e. The molecule has 0 amide bonds. The van der Waals surface area contributed by atoms with E-state index in [-0.39, 0.29) is 6.04 Å². The number of anilines is 1. The van der Waals surface area contributed by atoms with Crippen LogP contribution < -0.4 is 5.32 Å². The lowest BCUT2D eigenvalue weighted by molar-refractivity contribution is 0.975. The first kappa shape index (κ1) is 10.1. The van der Waals surface area contributed by atoms with Crippen LogP contribution in [0.4, 0.5) is 5.69 Å². The van der Waals surface area contributed by atoms with Crippen molar-refractivity contribution in [3.8, 4) is 0 Å². The summed E-state index contributed by atoms with van der Waals surface area (Å²) in [6, 6.07) is 10.2. The molecule has 1 unspecified atom stereocenters. The Kier molecular flexibility index (Phi) is 3.84. The van der Waals surface area contributed by atoms with Gasteiger partial charge in [-0.2, -0.15) is 0 Å². The molecule has 70 valence electrons. The van der Waals surface area contributed by atoms with Crippen LogP contribution in [0.5, 0.6) is 0 Å². The maximum absolute atomic E-state index is 5.96. The van der Waals surface area contributed by atoms with Crippen LogP contribution in [0.15, 0.2) is 41.4 Å². The highest BCUT2D eigenvalue weighted by Crippen LogP contribution is 2.14. The first-order valence-corrected chi connectivity index (χ1v) is 4.75. The summed E-state index contributed by atoms with van der Waals surface area (Å²) in [5.74, 6) is 0. The van der Waals surface area contributed by atoms with Crippen LogP contribution in [0.25, 0.3) is 0 Å². The molecule has 1 aromatic carbocycles. The van der Waals surface area contributed by atoms with Crippen LogP contribution in [-0.4, -0.2) is 6.04 Å². The average Bonchev–Trinajstić information content (AvgIpc) is 2.18. The van der Waals surface area contributed by atoms with E-state index in [0.29, 0.717) is 0 Å². The Balaban J connectivity index is 2.60. The second-order valence-electron chi connectivity index (χ2n) is 2.91. The van der Waals surface area contributed by atoms with E-state index < -0.39 is 0 Å². The molecule has 1 aromatic rings. The van der Waals surface area contributed by atoms with Crippen LogP contribution in [0, 0.1) is 0 Å². The first-order chi connectivity index (χ1) is 6.24. The fourth-order valence-corrected chi connectivity index (χ4v) is 1.16. The third kappa shape index (κ3) is 3.11. The summed E-state index contributed by atoms with van der Waals surface area (Å²) in [6.45, 7) is 3.97. The standard InChI is InChI=1S/C11H14ClN/c1-3-11(12)9(2)13-10-7-5-4-6-8-10/h3-9,13H,1-2H3. The van der Waals surface area contributed by atoms with E-state index in [1.165, 1.54) is 0 Å². The van der Waals surface area contributed by atoms with E-state index in [0.717, 1.165) is 10.7 Å². The van der Waals surface area contributed by atoms with Crippen molar-refractivity contribution in [1.82, 2.24) is 0 Å². The second-order valence-corrected chi connectivity index (χ2v) is 3.34. The largest absolute Gasteiger partial charge is 0.378 e. The van der Waals surface area contributed by atoms with Gasteiger partial charge < -0.3 is 5.32 Å². The van der Waals surface area contributed by atoms with Gasteiger partial charge in [-0.05, 0) is 26.0 Å². The Morgan fingerprint density at radius 3 is 2.54 bits per heavy atom. The van der Waals surface area contributed by atoms with E-state index >= 15 is 0 Å². The molecule has 1 rings (SSSR count). The molecule has 0 aliphatic heterocycles. The number of hydrogen-bond donors (Lipinski definition) is 1. The number of nitrogens with one attached hydrogen (secondary N) is 1. The zero-order valence-corrected chi connectivity index (χ0v) is 8.68. The van der Waals surface area contributed by atoms with Gasteiger partial charge >= 0.3 is 0 Å². The molecule has 0 radical (unpaired) electrons. The molecule has 0 bridgehead atoms. The molecule has 0 aliphatic carbocycles. The maximum atomic E-state index is 5.96. The normalized spacial score (nSPS) is 13.9. The van der Waals surface area contributed by atoms with Gasteiger partial charge in [0, 0.05) is 10.7 Å². The van der Waals surface area contributed by atoms with Crippen LogP contribution in [-0.2, 0) is 0 Å². The molecule has 1 atom stereocenters. The van der Waals surface area contributed by atoms with Gasteiger partial charge in [0.05, 0.1) is 6.04 Å². The number of hydrogen-bond acceptors (Lipinski definition) is 1. The molecule has 0 heterocycles. The van der Waals surface area contributed by atoms with Gasteiger partial charge in [-0.1, -0.05) is 35.9 Å². The van der Waals surface area contributed by atoms with Gasteiger partial charge in [-0.3, -0.25) is 0 Å². The zero-order valence-electron chi connectivity index (χ0n) is 7.92. The van der Waals surface area contributed by atoms with Crippen molar-refractivity contribution in [2.24, 2.45) is 0 Å². The Labute approximate surface area is 84.4 Å². The van der Waals surface area contributed by atoms with Crippen molar-refractivity contribution in [3.63, 3.8) is 0 Å². The fraction of sp³-hybridized carbons (Fsp3) is 0.273. The average molecular weight is 196 g/mol. The highest BCUT2D eigenvalue weighted by atomic mass is 35.5. The molecule has 0 saturated carbocycles. The van der Waals surface area contributed by atoms with Crippen LogP contribution >= 0.6 is 11.6 Å². The number of benzene rings is 1. The molecule has 2 heteroatoms. The second kappa shape index (κ2) is 4.93. The summed E-state index contributed by atoms with van der Waals surface area (Å²) >= 11 is 5.96. The topological polar surface area (TPSA) is 12.0 Å². The van der Waals surface area contributed by atoms with Crippen molar-refractivity contribution < 1.29 is 0 Å². The van der Waals surface area contributed by atoms with E-state index in [1.807, 2.05) is 50.3 Å². The van der Waals surface area contributed by atoms with Crippen molar-refractivity contribution in [2.45, 2.75) is 19.9 Å². The summed E-state index contributed by atoms with van der Waals surface area (Å²) in [5, 5.41) is 4.13. The molecule has 0 fully saturated rings. The molecule has 1 N–H and O–H groups in total. The Hall–Kier alpha value is -0.950. The van der Waals surface area contributed by atoms with Gasteiger partial charge in [-0.25, -0.2) is 0 Å². The Bertz CT molecular complexity index is 279. The van der Waals surface area contributed by atoms with Gasteiger partial charge in [0.1, 0.15) is 0 Å². The van der Waals surface area contributed by atoms with E-state index in [2.05, 4.69) is 5.32 Å². The smallest absolute Gasteiger partial charge is 0.0588 e. The SMILES string of the molecule is CC=C(Cl)C(C)Nc1ccccc1. The first-order valence-electron chi connectivity index (χ1n) is 4.37. The molecular weight excluding hydrogens is 182 g/mol. The summed E-state index contributed by atoms with van der Waals surface area (Å²) in [7, 11) is 0. The third-order valence-corrected chi connectivity index (χ3v) is 2.39. The molecule has 13 heavy (non-hydrogen) atoms. The quantitative estimate of drug-likeness (QED) is 0.777. The monoisotopic (exact) mass is 195 g/mol. The molecule has 0 spiro atoms. The third-order valence-electron chi connectivity index (χ3n) is 1.85. The Morgan fingerprint density at radius 2 is 2.00 bits per heavy atom. The number of para-hydroxylation sites is 1. The minimum atomic E-state index is 0.175. The molecule has 0 aromatic heterocycles. The Morgan fingerprint density at radius 1 is 1.38 bits per heavy atom. The summed E-state index contributed by atoms with van der Waals surface area (Å²) in [5.41, 5.74) is 1.09. The highest BCUT2D eigenvalue weighted by Gasteiger charge is 2.03. The van der Waals surface area contributed by atoms with Crippen LogP contribution in [0.3, 0.4) is 0 Å². The summed E-state index contributed by atoms with van der Waals surface area (Å²) < 4.78 is 0. The predicted octanol–water partition coefficient (Wildman–Crippen LogP) is 3.63. The van der Waals surface area contributed by atoms with Crippen molar-refractivity contribution in [2.75, 3.05) is 5.32 Å². The molecular formula is C11H14ClN. The number of halogens is 1. The highest BCUT2D eigenvalue weighted by molar-refractivity contribution is 6.30. The van der Waals surface area contributed by atoms with Crippen molar-refractivity contribution in [1.29, 1.82) is 0 Å². The number of allylic oxidation sites excluding steroid dienone is 1. The predicted molar refractivity (Wildman–Crippen MR) is 59.1 cm³/mol. The van der Waals surface area contributed by atoms with Gasteiger partial charge in [-0.15, -0.1) is 0 Å². The summed E-state index contributed by atoms with van der Waals surface area (Å²) in [4.78, 5) is 0. The van der Waals surface area contributed by atoms with Crippen LogP contribution in [0.1, 0.15) is 13.8 Å². The van der Waals surface area contributed by atoms with E-state index in [4.69, 9.17) is 11.6 Å². The lowest BCUT2D eigenvalue weighted by atomic mass is 10.2. The van der Waals surface area contributed by atoms with Gasteiger partial charge in [0.15, 0.2) is 0 Å². The molecule has 0 saturated heterocycles. The van der Waals surface area contributed by atoms with Crippen molar-refractivity contribution >= 4 is 17.3 Å². The number of rotatable bonds is 3. The minimum absolute atomic E-state index is 0.175. The minimum Gasteiger partial charge on any atom is -0.378 e. The fourth-order valence-electron chi connectivity index (χ4n) is 1.10.